The standard InChI is InChI=1S/C18H19FIN3O2/c1-25-18(24)11-6-10(11)15-7-22-16(8-21-15)23-14-5-2-9-13(20)4-3-12(19)17(9)14/h3-4,7-8,10-11,14,18,24H,2,5-6H2,1H3,(H,22,23)/t10-,11-,14+,18?/m0/s1. The molecular formula is C18H19FIN3O2. The molecule has 0 saturated heterocycles. The first kappa shape index (κ1) is 17.1. The predicted octanol–water partition coefficient (Wildman–Crippen LogP) is 3.39. The van der Waals surface area contributed by atoms with Gasteiger partial charge < -0.3 is 15.2 Å². The molecular weight excluding hydrogens is 436 g/mol. The van der Waals surface area contributed by atoms with Crippen LogP contribution in [0.25, 0.3) is 0 Å². The van der Waals surface area contributed by atoms with Gasteiger partial charge in [0.05, 0.1) is 24.1 Å². The molecule has 0 amide bonds. The van der Waals surface area contributed by atoms with E-state index < -0.39 is 6.29 Å². The molecule has 1 aromatic carbocycles. The van der Waals surface area contributed by atoms with Gasteiger partial charge in [0, 0.05) is 28.1 Å². The monoisotopic (exact) mass is 455 g/mol. The van der Waals surface area contributed by atoms with Crippen LogP contribution in [0, 0.1) is 15.3 Å². The van der Waals surface area contributed by atoms with Crippen LogP contribution < -0.4 is 5.32 Å². The van der Waals surface area contributed by atoms with E-state index >= 15 is 0 Å². The van der Waals surface area contributed by atoms with Crippen LogP contribution in [0.15, 0.2) is 24.5 Å². The van der Waals surface area contributed by atoms with Crippen molar-refractivity contribution >= 4 is 28.4 Å². The Hall–Kier alpha value is -1.32. The van der Waals surface area contributed by atoms with E-state index in [1.807, 2.05) is 6.07 Å². The Kier molecular flexibility index (Phi) is 4.63. The Morgan fingerprint density at radius 1 is 1.36 bits per heavy atom. The fourth-order valence-corrected chi connectivity index (χ4v) is 4.38. The number of anilines is 1. The molecule has 0 radical (unpaired) electrons. The highest BCUT2D eigenvalue weighted by Gasteiger charge is 2.45. The van der Waals surface area contributed by atoms with E-state index in [1.54, 1.807) is 12.4 Å². The molecule has 0 aliphatic heterocycles. The zero-order chi connectivity index (χ0) is 17.6. The maximum atomic E-state index is 14.2. The number of rotatable bonds is 5. The molecule has 0 spiro atoms. The number of halogens is 2. The smallest absolute Gasteiger partial charge is 0.157 e. The summed E-state index contributed by atoms with van der Waals surface area (Å²) in [6.45, 7) is 0. The van der Waals surface area contributed by atoms with Crippen LogP contribution in [0.3, 0.4) is 0 Å². The van der Waals surface area contributed by atoms with Crippen LogP contribution in [0.1, 0.15) is 41.6 Å². The molecule has 4 atom stereocenters. The molecule has 25 heavy (non-hydrogen) atoms. The Bertz CT molecular complexity index is 787. The summed E-state index contributed by atoms with van der Waals surface area (Å²) in [5, 5.41) is 13.0. The molecule has 1 aromatic heterocycles. The number of nitrogens with zero attached hydrogens (tertiary/aromatic N) is 2. The summed E-state index contributed by atoms with van der Waals surface area (Å²) >= 11 is 2.26. The van der Waals surface area contributed by atoms with Crippen molar-refractivity contribution in [3.05, 3.63) is 50.7 Å². The van der Waals surface area contributed by atoms with Gasteiger partial charge in [-0.3, -0.25) is 4.98 Å². The van der Waals surface area contributed by atoms with Crippen molar-refractivity contribution in [1.82, 2.24) is 9.97 Å². The molecule has 2 N–H and O–H groups in total. The Morgan fingerprint density at radius 3 is 2.92 bits per heavy atom. The Labute approximate surface area is 159 Å². The van der Waals surface area contributed by atoms with Crippen LogP contribution >= 0.6 is 22.6 Å². The second-order valence-electron chi connectivity index (χ2n) is 6.62. The fraction of sp³-hybridized carbons (Fsp3) is 0.444. The van der Waals surface area contributed by atoms with E-state index in [1.165, 1.54) is 13.2 Å². The van der Waals surface area contributed by atoms with Crippen molar-refractivity contribution in [3.63, 3.8) is 0 Å². The van der Waals surface area contributed by atoms with Gasteiger partial charge in [-0.25, -0.2) is 9.37 Å². The van der Waals surface area contributed by atoms with Crippen molar-refractivity contribution < 1.29 is 14.2 Å². The van der Waals surface area contributed by atoms with Gasteiger partial charge in [-0.15, -0.1) is 0 Å². The van der Waals surface area contributed by atoms with Crippen molar-refractivity contribution in [2.24, 2.45) is 5.92 Å². The number of methoxy groups -OCH3 is 1. The second-order valence-corrected chi connectivity index (χ2v) is 7.78. The van der Waals surface area contributed by atoms with Crippen LogP contribution in [0.2, 0.25) is 0 Å². The largest absolute Gasteiger partial charge is 0.368 e. The van der Waals surface area contributed by atoms with Gasteiger partial charge in [0.15, 0.2) is 6.29 Å². The number of aliphatic hydroxyl groups excluding tert-OH is 1. The van der Waals surface area contributed by atoms with E-state index in [-0.39, 0.29) is 23.7 Å². The van der Waals surface area contributed by atoms with E-state index in [9.17, 15) is 9.50 Å². The molecule has 4 rings (SSSR count). The first-order valence-corrected chi connectivity index (χ1v) is 9.42. The summed E-state index contributed by atoms with van der Waals surface area (Å²) in [4.78, 5) is 8.89. The molecule has 0 bridgehead atoms. The molecule has 5 nitrogen and oxygen atoms in total. The number of hydrogen-bond acceptors (Lipinski definition) is 5. The summed E-state index contributed by atoms with van der Waals surface area (Å²) in [6, 6.07) is 3.28. The number of nitrogens with one attached hydrogen (secondary N) is 1. The van der Waals surface area contributed by atoms with Gasteiger partial charge in [0.2, 0.25) is 0 Å². The summed E-state index contributed by atoms with van der Waals surface area (Å²) in [5.41, 5.74) is 2.71. The van der Waals surface area contributed by atoms with Crippen molar-refractivity contribution in [2.75, 3.05) is 12.4 Å². The van der Waals surface area contributed by atoms with Gasteiger partial charge in [-0.05, 0) is 59.5 Å². The Balaban J connectivity index is 1.47. The average Bonchev–Trinajstić information content (AvgIpc) is 3.31. The van der Waals surface area contributed by atoms with E-state index in [4.69, 9.17) is 4.74 Å². The van der Waals surface area contributed by atoms with Crippen LogP contribution in [-0.4, -0.2) is 28.5 Å². The topological polar surface area (TPSA) is 67.3 Å². The van der Waals surface area contributed by atoms with Gasteiger partial charge >= 0.3 is 0 Å². The molecule has 132 valence electrons. The molecule has 1 unspecified atom stereocenters. The SMILES string of the molecule is COC(O)[C@H]1C[C@@H]1c1cnc(N[C@@H]2CCc3c(I)ccc(F)c32)cn1. The van der Waals surface area contributed by atoms with E-state index in [2.05, 4.69) is 37.9 Å². The van der Waals surface area contributed by atoms with Crippen LogP contribution in [-0.2, 0) is 11.2 Å². The maximum absolute atomic E-state index is 14.2. The van der Waals surface area contributed by atoms with Gasteiger partial charge in [-0.2, -0.15) is 0 Å². The minimum absolute atomic E-state index is 0.0751. The van der Waals surface area contributed by atoms with E-state index in [0.717, 1.165) is 39.7 Å². The molecule has 1 saturated carbocycles. The second kappa shape index (κ2) is 6.77. The lowest BCUT2D eigenvalue weighted by molar-refractivity contribution is -0.0896. The number of fused-ring (bicyclic) bond motifs is 1. The average molecular weight is 455 g/mol. The third-order valence-corrected chi connectivity index (χ3v) is 6.11. The molecule has 2 aliphatic carbocycles. The number of aromatic nitrogens is 2. The molecule has 2 aliphatic rings. The van der Waals surface area contributed by atoms with Crippen molar-refractivity contribution in [1.29, 1.82) is 0 Å². The highest BCUT2D eigenvalue weighted by molar-refractivity contribution is 14.1. The zero-order valence-corrected chi connectivity index (χ0v) is 15.9. The lowest BCUT2D eigenvalue weighted by Gasteiger charge is -2.16. The van der Waals surface area contributed by atoms with Gasteiger partial charge in [0.1, 0.15) is 11.6 Å². The normalized spacial score (nSPS) is 25.5. The summed E-state index contributed by atoms with van der Waals surface area (Å²) in [5.74, 6) is 0.771. The zero-order valence-electron chi connectivity index (χ0n) is 13.7. The Morgan fingerprint density at radius 2 is 2.20 bits per heavy atom. The van der Waals surface area contributed by atoms with Gasteiger partial charge in [-0.1, -0.05) is 0 Å². The molecule has 2 aromatic rings. The number of hydrogen-bond donors (Lipinski definition) is 2. The van der Waals surface area contributed by atoms with Crippen molar-refractivity contribution in [3.8, 4) is 0 Å². The quantitative estimate of drug-likeness (QED) is 0.535. The van der Waals surface area contributed by atoms with Crippen LogP contribution in [0.4, 0.5) is 10.2 Å². The summed E-state index contributed by atoms with van der Waals surface area (Å²) < 4.78 is 20.3. The maximum Gasteiger partial charge on any atom is 0.157 e. The third-order valence-electron chi connectivity index (χ3n) is 5.10. The minimum Gasteiger partial charge on any atom is -0.368 e. The number of benzene rings is 1. The highest BCUT2D eigenvalue weighted by Crippen LogP contribution is 2.48. The van der Waals surface area contributed by atoms with Gasteiger partial charge in [0.25, 0.3) is 0 Å². The first-order chi connectivity index (χ1) is 12.1. The lowest BCUT2D eigenvalue weighted by atomic mass is 10.1. The molecule has 7 heteroatoms. The summed E-state index contributed by atoms with van der Waals surface area (Å²) in [6.07, 6.45) is 5.25. The third kappa shape index (κ3) is 3.24. The van der Waals surface area contributed by atoms with Crippen molar-refractivity contribution in [2.45, 2.75) is 37.5 Å². The fourth-order valence-electron chi connectivity index (χ4n) is 3.64. The molecule has 1 fully saturated rings. The predicted molar refractivity (Wildman–Crippen MR) is 99.7 cm³/mol. The highest BCUT2D eigenvalue weighted by atomic mass is 127. The molecule has 1 heterocycles. The first-order valence-electron chi connectivity index (χ1n) is 8.34. The number of ether oxygens (including phenoxy) is 1. The number of aliphatic hydroxyl groups is 1. The summed E-state index contributed by atoms with van der Waals surface area (Å²) in [7, 11) is 1.50. The van der Waals surface area contributed by atoms with Crippen LogP contribution in [0.5, 0.6) is 0 Å². The lowest BCUT2D eigenvalue weighted by Crippen LogP contribution is -2.13. The van der Waals surface area contributed by atoms with E-state index in [0.29, 0.717) is 5.82 Å². The minimum atomic E-state index is -0.745.